The fourth-order valence-electron chi connectivity index (χ4n) is 3.07. The molecule has 6 heteroatoms. The Bertz CT molecular complexity index is 518. The van der Waals surface area contributed by atoms with Crippen LogP contribution in [-0.4, -0.2) is 70.5 Å². The van der Waals surface area contributed by atoms with E-state index in [1.165, 1.54) is 12.0 Å². The lowest BCUT2D eigenvalue weighted by Crippen LogP contribution is -2.39. The summed E-state index contributed by atoms with van der Waals surface area (Å²) in [5.74, 6) is 0.873. The molecule has 1 aromatic rings. The molecular weight excluding hydrogens is 340 g/mol. The molecule has 1 heterocycles. The minimum atomic E-state index is 0.134. The molecule has 0 aliphatic carbocycles. The maximum atomic E-state index is 5.90. The first-order chi connectivity index (χ1) is 13.3. The fourth-order valence-corrected chi connectivity index (χ4v) is 3.07. The zero-order valence-electron chi connectivity index (χ0n) is 17.0. The molecule has 0 radical (unpaired) electrons. The van der Waals surface area contributed by atoms with Gasteiger partial charge in [-0.05, 0) is 38.3 Å². The predicted octanol–water partition coefficient (Wildman–Crippen LogP) is 2.43. The van der Waals surface area contributed by atoms with Crippen LogP contribution >= 0.6 is 0 Å². The van der Waals surface area contributed by atoms with E-state index >= 15 is 0 Å². The zero-order valence-corrected chi connectivity index (χ0v) is 17.0. The molecule has 0 bridgehead atoms. The van der Waals surface area contributed by atoms with Crippen molar-refractivity contribution in [2.24, 2.45) is 4.99 Å². The van der Waals surface area contributed by atoms with Crippen LogP contribution in [0.25, 0.3) is 0 Å². The van der Waals surface area contributed by atoms with Gasteiger partial charge in [-0.1, -0.05) is 30.3 Å². The van der Waals surface area contributed by atoms with E-state index in [4.69, 9.17) is 9.47 Å². The molecule has 0 amide bonds. The Morgan fingerprint density at radius 1 is 1.11 bits per heavy atom. The van der Waals surface area contributed by atoms with Gasteiger partial charge in [-0.3, -0.25) is 9.89 Å². The van der Waals surface area contributed by atoms with Crippen molar-refractivity contribution in [3.63, 3.8) is 0 Å². The van der Waals surface area contributed by atoms with Gasteiger partial charge in [0.25, 0.3) is 0 Å². The van der Waals surface area contributed by atoms with E-state index in [2.05, 4.69) is 39.6 Å². The normalized spacial score (nSPS) is 16.9. The van der Waals surface area contributed by atoms with E-state index in [9.17, 15) is 0 Å². The number of nitrogens with one attached hydrogen (secondary N) is 2. The van der Waals surface area contributed by atoms with Gasteiger partial charge in [0.05, 0.1) is 19.3 Å². The summed E-state index contributed by atoms with van der Waals surface area (Å²) >= 11 is 0. The number of unbranched alkanes of at least 4 members (excludes halogenated alkanes) is 1. The molecule has 1 aromatic carbocycles. The molecular formula is C21H36N4O2. The Balaban J connectivity index is 1.46. The van der Waals surface area contributed by atoms with E-state index in [0.29, 0.717) is 0 Å². The third-order valence-electron chi connectivity index (χ3n) is 4.77. The summed E-state index contributed by atoms with van der Waals surface area (Å²) in [7, 11) is 1.82. The molecule has 0 saturated carbocycles. The molecule has 1 aliphatic rings. The van der Waals surface area contributed by atoms with E-state index < -0.39 is 0 Å². The second-order valence-corrected chi connectivity index (χ2v) is 6.86. The first kappa shape index (κ1) is 21.7. The summed E-state index contributed by atoms with van der Waals surface area (Å²) in [6.45, 7) is 9.70. The number of rotatable bonds is 11. The third kappa shape index (κ3) is 9.22. The first-order valence-corrected chi connectivity index (χ1v) is 10.2. The molecule has 2 N–H and O–H groups in total. The third-order valence-corrected chi connectivity index (χ3v) is 4.77. The summed E-state index contributed by atoms with van der Waals surface area (Å²) in [5, 5.41) is 6.74. The Morgan fingerprint density at radius 2 is 1.81 bits per heavy atom. The molecule has 152 valence electrons. The second kappa shape index (κ2) is 13.5. The van der Waals surface area contributed by atoms with Crippen molar-refractivity contribution in [3.05, 3.63) is 35.9 Å². The molecule has 1 atom stereocenters. The number of guanidine groups is 1. The molecule has 1 saturated heterocycles. The highest BCUT2D eigenvalue weighted by Gasteiger charge is 2.09. The van der Waals surface area contributed by atoms with Crippen molar-refractivity contribution < 1.29 is 9.47 Å². The molecule has 0 spiro atoms. The summed E-state index contributed by atoms with van der Waals surface area (Å²) in [6, 6.07) is 10.3. The molecule has 0 aromatic heterocycles. The van der Waals surface area contributed by atoms with Crippen LogP contribution < -0.4 is 10.6 Å². The van der Waals surface area contributed by atoms with Gasteiger partial charge in [0.1, 0.15) is 0 Å². The Labute approximate surface area is 164 Å². The van der Waals surface area contributed by atoms with E-state index in [1.807, 2.05) is 25.2 Å². The van der Waals surface area contributed by atoms with Gasteiger partial charge in [-0.25, -0.2) is 0 Å². The molecule has 1 unspecified atom stereocenters. The van der Waals surface area contributed by atoms with Crippen LogP contribution in [0, 0.1) is 0 Å². The van der Waals surface area contributed by atoms with Gasteiger partial charge in [0.15, 0.2) is 5.96 Å². The quantitative estimate of drug-likeness (QED) is 0.353. The molecule has 27 heavy (non-hydrogen) atoms. The maximum Gasteiger partial charge on any atom is 0.190 e. The van der Waals surface area contributed by atoms with Crippen molar-refractivity contribution in [1.29, 1.82) is 0 Å². The highest BCUT2D eigenvalue weighted by atomic mass is 16.5. The van der Waals surface area contributed by atoms with Crippen molar-refractivity contribution in [3.8, 4) is 0 Å². The van der Waals surface area contributed by atoms with Crippen LogP contribution in [0.3, 0.4) is 0 Å². The zero-order chi connectivity index (χ0) is 19.2. The average Bonchev–Trinajstić information content (AvgIpc) is 2.73. The minimum Gasteiger partial charge on any atom is -0.379 e. The Kier molecular flexibility index (Phi) is 10.9. The van der Waals surface area contributed by atoms with Crippen LogP contribution in [0.2, 0.25) is 0 Å². The summed E-state index contributed by atoms with van der Waals surface area (Å²) in [6.07, 6.45) is 3.44. The number of morpholine rings is 1. The molecule has 1 aliphatic heterocycles. The van der Waals surface area contributed by atoms with E-state index in [-0.39, 0.29) is 6.10 Å². The number of aliphatic imine (C=N–C) groups is 1. The average molecular weight is 377 g/mol. The van der Waals surface area contributed by atoms with E-state index in [1.54, 1.807) is 0 Å². The highest BCUT2D eigenvalue weighted by Crippen LogP contribution is 2.15. The summed E-state index contributed by atoms with van der Waals surface area (Å²) in [4.78, 5) is 6.76. The number of hydrogen-bond acceptors (Lipinski definition) is 4. The minimum absolute atomic E-state index is 0.134. The van der Waals surface area contributed by atoms with Crippen molar-refractivity contribution in [2.45, 2.75) is 32.3 Å². The lowest BCUT2D eigenvalue weighted by molar-refractivity contribution is 0.0372. The van der Waals surface area contributed by atoms with Crippen molar-refractivity contribution >= 4 is 5.96 Å². The van der Waals surface area contributed by atoms with Crippen molar-refractivity contribution in [1.82, 2.24) is 15.5 Å². The monoisotopic (exact) mass is 376 g/mol. The van der Waals surface area contributed by atoms with Gasteiger partial charge in [0, 0.05) is 39.8 Å². The van der Waals surface area contributed by atoms with Crippen LogP contribution in [-0.2, 0) is 9.47 Å². The number of ether oxygens (including phenoxy) is 2. The number of hydrogen-bond donors (Lipinski definition) is 2. The molecule has 1 fully saturated rings. The van der Waals surface area contributed by atoms with Crippen LogP contribution in [0.5, 0.6) is 0 Å². The van der Waals surface area contributed by atoms with Crippen LogP contribution in [0.4, 0.5) is 0 Å². The van der Waals surface area contributed by atoms with E-state index in [0.717, 1.165) is 71.3 Å². The SMILES string of the molecule is CN=C(NCCCCN1CCOCC1)NCCCOC(C)c1ccccc1. The van der Waals surface area contributed by atoms with Crippen LogP contribution in [0.1, 0.15) is 37.9 Å². The number of benzene rings is 1. The second-order valence-electron chi connectivity index (χ2n) is 6.86. The van der Waals surface area contributed by atoms with Gasteiger partial charge in [0.2, 0.25) is 0 Å². The van der Waals surface area contributed by atoms with Crippen LogP contribution in [0.15, 0.2) is 35.3 Å². The topological polar surface area (TPSA) is 58.1 Å². The summed E-state index contributed by atoms with van der Waals surface area (Å²) < 4.78 is 11.3. The highest BCUT2D eigenvalue weighted by molar-refractivity contribution is 5.79. The maximum absolute atomic E-state index is 5.90. The smallest absolute Gasteiger partial charge is 0.190 e. The van der Waals surface area contributed by atoms with Gasteiger partial charge >= 0.3 is 0 Å². The van der Waals surface area contributed by atoms with Crippen molar-refractivity contribution in [2.75, 3.05) is 59.6 Å². The molecule has 6 nitrogen and oxygen atoms in total. The molecule has 2 rings (SSSR count). The lowest BCUT2D eigenvalue weighted by atomic mass is 10.1. The summed E-state index contributed by atoms with van der Waals surface area (Å²) in [5.41, 5.74) is 1.22. The standard InChI is InChI=1S/C21H36N4O2/c1-19(20-9-4-3-5-10-20)27-16-8-12-24-21(22-2)23-11-6-7-13-25-14-17-26-18-15-25/h3-5,9-10,19H,6-8,11-18H2,1-2H3,(H2,22,23,24). The number of nitrogens with zero attached hydrogens (tertiary/aromatic N) is 2. The lowest BCUT2D eigenvalue weighted by Gasteiger charge is -2.26. The Morgan fingerprint density at radius 3 is 2.52 bits per heavy atom. The fraction of sp³-hybridized carbons (Fsp3) is 0.667. The predicted molar refractivity (Wildman–Crippen MR) is 111 cm³/mol. The van der Waals surface area contributed by atoms with Gasteiger partial charge in [-0.2, -0.15) is 0 Å². The largest absolute Gasteiger partial charge is 0.379 e. The first-order valence-electron chi connectivity index (χ1n) is 10.2. The Hall–Kier alpha value is -1.63. The van der Waals surface area contributed by atoms with Gasteiger partial charge in [-0.15, -0.1) is 0 Å². The van der Waals surface area contributed by atoms with Gasteiger partial charge < -0.3 is 20.1 Å².